The van der Waals surface area contributed by atoms with E-state index < -0.39 is 23.2 Å². The quantitative estimate of drug-likeness (QED) is 0.767. The minimum Gasteiger partial charge on any atom is -0.549 e. The molecule has 5 nitrogen and oxygen atoms in total. The molecule has 4 fully saturated rings. The SMILES string of the molecule is Cc1cc2sc(NC(=O)[C@@H](C(=O)[O-])C34CC5CC(CC(C5)C3)C4)nc2cc1Cl. The normalized spacial score (nSPS) is 31.9. The van der Waals surface area contributed by atoms with Crippen LogP contribution in [-0.2, 0) is 9.59 Å². The molecule has 7 heteroatoms. The van der Waals surface area contributed by atoms with Crippen molar-refractivity contribution < 1.29 is 14.7 Å². The first-order valence-electron chi connectivity index (χ1n) is 9.91. The summed E-state index contributed by atoms with van der Waals surface area (Å²) in [6.45, 7) is 1.92. The highest BCUT2D eigenvalue weighted by molar-refractivity contribution is 7.22. The van der Waals surface area contributed by atoms with Gasteiger partial charge in [0.1, 0.15) is 0 Å². The number of carboxylic acids is 1. The molecule has 0 spiro atoms. The van der Waals surface area contributed by atoms with Gasteiger partial charge in [0, 0.05) is 5.02 Å². The van der Waals surface area contributed by atoms with E-state index in [1.807, 2.05) is 13.0 Å². The van der Waals surface area contributed by atoms with Gasteiger partial charge in [-0.2, -0.15) is 0 Å². The maximum atomic E-state index is 13.1. The molecule has 1 aromatic heterocycles. The molecule has 148 valence electrons. The number of halogens is 1. The van der Waals surface area contributed by atoms with Crippen LogP contribution in [0, 0.1) is 36.0 Å². The number of benzene rings is 1. The topological polar surface area (TPSA) is 82.1 Å². The Morgan fingerprint density at radius 3 is 2.39 bits per heavy atom. The van der Waals surface area contributed by atoms with Crippen molar-refractivity contribution in [3.05, 3.63) is 22.7 Å². The predicted molar refractivity (Wildman–Crippen MR) is 107 cm³/mol. The monoisotopic (exact) mass is 417 g/mol. The maximum absolute atomic E-state index is 13.1. The molecule has 1 amide bonds. The van der Waals surface area contributed by atoms with Crippen LogP contribution in [0.1, 0.15) is 44.1 Å². The van der Waals surface area contributed by atoms with Crippen LogP contribution in [0.4, 0.5) is 5.13 Å². The molecule has 1 N–H and O–H groups in total. The number of thiazole rings is 1. The summed E-state index contributed by atoms with van der Waals surface area (Å²) >= 11 is 7.50. The number of rotatable bonds is 4. The first-order chi connectivity index (χ1) is 13.3. The Morgan fingerprint density at radius 2 is 1.82 bits per heavy atom. The summed E-state index contributed by atoms with van der Waals surface area (Å²) in [7, 11) is 0. The number of amides is 1. The number of aryl methyl sites for hydroxylation is 1. The zero-order chi connectivity index (χ0) is 19.6. The molecule has 4 bridgehead atoms. The largest absolute Gasteiger partial charge is 0.549 e. The third kappa shape index (κ3) is 2.92. The van der Waals surface area contributed by atoms with Crippen molar-refractivity contribution in [3.8, 4) is 0 Å². The molecule has 0 aliphatic heterocycles. The zero-order valence-corrected chi connectivity index (χ0v) is 17.2. The van der Waals surface area contributed by atoms with Crippen LogP contribution in [0.15, 0.2) is 12.1 Å². The number of anilines is 1. The molecule has 1 atom stereocenters. The second-order valence-corrected chi connectivity index (χ2v) is 10.5. The molecule has 0 unspecified atom stereocenters. The molecule has 0 radical (unpaired) electrons. The first-order valence-corrected chi connectivity index (χ1v) is 11.1. The van der Waals surface area contributed by atoms with Crippen molar-refractivity contribution >= 4 is 50.2 Å². The number of nitrogens with zero attached hydrogens (tertiary/aromatic N) is 1. The molecule has 0 saturated heterocycles. The minimum absolute atomic E-state index is 0.414. The summed E-state index contributed by atoms with van der Waals surface area (Å²) < 4.78 is 0.914. The Labute approximate surface area is 172 Å². The van der Waals surface area contributed by atoms with Crippen molar-refractivity contribution in [3.63, 3.8) is 0 Å². The van der Waals surface area contributed by atoms with E-state index in [0.717, 1.165) is 29.5 Å². The summed E-state index contributed by atoms with van der Waals surface area (Å²) in [5.41, 5.74) is 1.20. The first kappa shape index (κ1) is 18.4. The van der Waals surface area contributed by atoms with Gasteiger partial charge in [0.15, 0.2) is 5.13 Å². The fraction of sp³-hybridized carbons (Fsp3) is 0.571. The highest BCUT2D eigenvalue weighted by Crippen LogP contribution is 2.62. The second-order valence-electron chi connectivity index (χ2n) is 9.11. The molecular formula is C21H22ClN2O3S-. The fourth-order valence-electron chi connectivity index (χ4n) is 6.45. The summed E-state index contributed by atoms with van der Waals surface area (Å²) in [4.78, 5) is 29.6. The van der Waals surface area contributed by atoms with Gasteiger partial charge >= 0.3 is 0 Å². The number of nitrogens with one attached hydrogen (secondary N) is 1. The summed E-state index contributed by atoms with van der Waals surface area (Å²) in [5, 5.41) is 15.9. The lowest BCUT2D eigenvalue weighted by atomic mass is 9.46. The van der Waals surface area contributed by atoms with E-state index >= 15 is 0 Å². The lowest BCUT2D eigenvalue weighted by Crippen LogP contribution is -2.57. The molecular weight excluding hydrogens is 396 g/mol. The number of aromatic nitrogens is 1. The molecule has 28 heavy (non-hydrogen) atoms. The molecule has 6 rings (SSSR count). The van der Waals surface area contributed by atoms with Gasteiger partial charge < -0.3 is 15.2 Å². The van der Waals surface area contributed by atoms with Crippen LogP contribution in [0.2, 0.25) is 5.02 Å². The van der Waals surface area contributed by atoms with Gasteiger partial charge in [-0.3, -0.25) is 4.79 Å². The Balaban J connectivity index is 1.43. The Hall–Kier alpha value is -1.66. The molecule has 1 heterocycles. The van der Waals surface area contributed by atoms with Gasteiger partial charge in [-0.05, 0) is 86.3 Å². The van der Waals surface area contributed by atoms with Crippen LogP contribution in [-0.4, -0.2) is 16.9 Å². The number of carboxylic acid groups (broad SMARTS) is 1. The fourth-order valence-corrected chi connectivity index (χ4v) is 7.55. The van der Waals surface area contributed by atoms with Gasteiger partial charge in [-0.25, -0.2) is 4.98 Å². The average molecular weight is 418 g/mol. The van der Waals surface area contributed by atoms with Crippen molar-refractivity contribution in [1.82, 2.24) is 4.98 Å². The molecule has 4 saturated carbocycles. The zero-order valence-electron chi connectivity index (χ0n) is 15.7. The van der Waals surface area contributed by atoms with E-state index in [1.165, 1.54) is 30.6 Å². The van der Waals surface area contributed by atoms with Gasteiger partial charge in [0.25, 0.3) is 0 Å². The van der Waals surface area contributed by atoms with Gasteiger partial charge in [-0.15, -0.1) is 0 Å². The number of carbonyl (C=O) groups excluding carboxylic acids is 2. The Morgan fingerprint density at radius 1 is 1.21 bits per heavy atom. The van der Waals surface area contributed by atoms with Gasteiger partial charge in [0.05, 0.1) is 22.1 Å². The third-order valence-electron chi connectivity index (χ3n) is 7.09. The molecule has 4 aliphatic carbocycles. The number of aliphatic carboxylic acids is 1. The van der Waals surface area contributed by atoms with Gasteiger partial charge in [0.2, 0.25) is 5.91 Å². The highest BCUT2D eigenvalue weighted by Gasteiger charge is 2.56. The standard InChI is InChI=1S/C21H23ClN2O3S/c1-10-2-16-15(6-14(10)22)23-20(28-16)24-18(25)17(19(26)27)21-7-11-3-12(8-21)5-13(4-11)9-21/h2,6,11-13,17H,3-5,7-9H2,1H3,(H,26,27)(H,23,24,25)/p-1/t11?,12?,13?,17-,21?/m0/s1. The molecule has 2 aromatic rings. The number of carbonyl (C=O) groups is 2. The van der Waals surface area contributed by atoms with E-state index in [2.05, 4.69) is 10.3 Å². The van der Waals surface area contributed by atoms with Crippen molar-refractivity contribution in [2.45, 2.75) is 45.4 Å². The van der Waals surface area contributed by atoms with Crippen molar-refractivity contribution in [2.75, 3.05) is 5.32 Å². The second kappa shape index (κ2) is 6.42. The van der Waals surface area contributed by atoms with Crippen molar-refractivity contribution in [2.24, 2.45) is 29.1 Å². The van der Waals surface area contributed by atoms with Gasteiger partial charge in [-0.1, -0.05) is 22.9 Å². The summed E-state index contributed by atoms with van der Waals surface area (Å²) in [6, 6.07) is 3.70. The minimum atomic E-state index is -1.25. The number of hydrogen-bond acceptors (Lipinski definition) is 5. The van der Waals surface area contributed by atoms with Crippen LogP contribution < -0.4 is 10.4 Å². The number of fused-ring (bicyclic) bond motifs is 1. The summed E-state index contributed by atoms with van der Waals surface area (Å²) in [6.07, 6.45) is 6.08. The van der Waals surface area contributed by atoms with E-state index in [9.17, 15) is 14.7 Å². The average Bonchev–Trinajstić information content (AvgIpc) is 2.94. The smallest absolute Gasteiger partial charge is 0.235 e. The van der Waals surface area contributed by atoms with Crippen LogP contribution in [0.3, 0.4) is 0 Å². The highest BCUT2D eigenvalue weighted by atomic mass is 35.5. The lowest BCUT2D eigenvalue weighted by Gasteiger charge is -2.59. The van der Waals surface area contributed by atoms with Crippen LogP contribution >= 0.6 is 22.9 Å². The van der Waals surface area contributed by atoms with E-state index in [4.69, 9.17) is 11.6 Å². The van der Waals surface area contributed by atoms with E-state index in [0.29, 0.717) is 33.4 Å². The van der Waals surface area contributed by atoms with E-state index in [-0.39, 0.29) is 0 Å². The van der Waals surface area contributed by atoms with Crippen LogP contribution in [0.25, 0.3) is 10.2 Å². The molecule has 1 aromatic carbocycles. The van der Waals surface area contributed by atoms with Crippen LogP contribution in [0.5, 0.6) is 0 Å². The maximum Gasteiger partial charge on any atom is 0.235 e. The molecule has 4 aliphatic rings. The predicted octanol–water partition coefficient (Wildman–Crippen LogP) is 3.78. The van der Waals surface area contributed by atoms with E-state index in [1.54, 1.807) is 6.07 Å². The lowest BCUT2D eigenvalue weighted by molar-refractivity contribution is -0.316. The third-order valence-corrected chi connectivity index (χ3v) is 8.44. The Kier molecular flexibility index (Phi) is 4.22. The number of hydrogen-bond donors (Lipinski definition) is 1. The Bertz CT molecular complexity index is 911. The summed E-state index contributed by atoms with van der Waals surface area (Å²) in [5.74, 6) is -1.16. The van der Waals surface area contributed by atoms with Crippen molar-refractivity contribution in [1.29, 1.82) is 0 Å².